The summed E-state index contributed by atoms with van der Waals surface area (Å²) < 4.78 is 0. The molecule has 5 heteroatoms. The summed E-state index contributed by atoms with van der Waals surface area (Å²) in [5.41, 5.74) is 0.234. The molecule has 18 heavy (non-hydrogen) atoms. The Morgan fingerprint density at radius 1 is 1.33 bits per heavy atom. The maximum absolute atomic E-state index is 11.9. The molecule has 1 aliphatic rings. The number of imide groups is 1. The van der Waals surface area contributed by atoms with Crippen LogP contribution in [0.3, 0.4) is 0 Å². The highest BCUT2D eigenvalue weighted by atomic mass is 16.2. The second kappa shape index (κ2) is 6.93. The first-order valence-corrected chi connectivity index (χ1v) is 6.38. The van der Waals surface area contributed by atoms with E-state index < -0.39 is 11.8 Å². The summed E-state index contributed by atoms with van der Waals surface area (Å²) in [6, 6.07) is 0. The molecular formula is C13H20N2O3. The number of allylic oxidation sites excluding steroid dienone is 1. The smallest absolute Gasteiger partial charge is 0.277 e. The van der Waals surface area contributed by atoms with Gasteiger partial charge in [0.05, 0.1) is 0 Å². The molecule has 0 aliphatic carbocycles. The average molecular weight is 252 g/mol. The fourth-order valence-corrected chi connectivity index (χ4v) is 1.81. The van der Waals surface area contributed by atoms with Gasteiger partial charge >= 0.3 is 0 Å². The lowest BCUT2D eigenvalue weighted by Gasteiger charge is -2.25. The van der Waals surface area contributed by atoms with E-state index in [0.717, 1.165) is 30.6 Å². The molecule has 1 aliphatic heterocycles. The van der Waals surface area contributed by atoms with Crippen LogP contribution < -0.4 is 5.32 Å². The standard InChI is InChI=1S/C13H20N2O3/c1-3-4-5-6-7-8-11-13(18)15(10(2)16)9-12(17)14-11/h8H,3-7,9H2,1-2H3,(H,14,17). The minimum Gasteiger partial charge on any atom is -0.320 e. The molecule has 0 unspecified atom stereocenters. The van der Waals surface area contributed by atoms with Crippen molar-refractivity contribution in [2.45, 2.75) is 46.0 Å². The Bertz CT molecular complexity index is 374. The van der Waals surface area contributed by atoms with Crippen molar-refractivity contribution >= 4 is 17.7 Å². The van der Waals surface area contributed by atoms with Gasteiger partial charge in [0.1, 0.15) is 12.2 Å². The predicted octanol–water partition coefficient (Wildman–Crippen LogP) is 1.35. The zero-order valence-electron chi connectivity index (χ0n) is 11.0. The zero-order chi connectivity index (χ0) is 13.5. The van der Waals surface area contributed by atoms with Crippen LogP contribution in [0.5, 0.6) is 0 Å². The third kappa shape index (κ3) is 3.98. The van der Waals surface area contributed by atoms with Crippen molar-refractivity contribution in [3.8, 4) is 0 Å². The summed E-state index contributed by atoms with van der Waals surface area (Å²) in [6.07, 6.45) is 6.88. The Morgan fingerprint density at radius 3 is 2.67 bits per heavy atom. The first-order valence-electron chi connectivity index (χ1n) is 6.38. The fourth-order valence-electron chi connectivity index (χ4n) is 1.81. The molecular weight excluding hydrogens is 232 g/mol. The SMILES string of the molecule is CCCCCCC=C1NC(=O)CN(C(C)=O)C1=O. The Hall–Kier alpha value is -1.65. The second-order valence-electron chi connectivity index (χ2n) is 4.43. The minimum atomic E-state index is -0.405. The first kappa shape index (κ1) is 14.4. The second-order valence-corrected chi connectivity index (χ2v) is 4.43. The number of unbranched alkanes of at least 4 members (excludes halogenated alkanes) is 4. The van der Waals surface area contributed by atoms with E-state index in [9.17, 15) is 14.4 Å². The van der Waals surface area contributed by atoms with Crippen LogP contribution in [0.15, 0.2) is 11.8 Å². The van der Waals surface area contributed by atoms with Crippen molar-refractivity contribution in [1.82, 2.24) is 10.2 Å². The number of carbonyl (C=O) groups excluding carboxylic acids is 3. The van der Waals surface area contributed by atoms with Gasteiger partial charge in [0.2, 0.25) is 11.8 Å². The van der Waals surface area contributed by atoms with E-state index in [1.54, 1.807) is 6.08 Å². The Kier molecular flexibility index (Phi) is 5.55. The third-order valence-corrected chi connectivity index (χ3v) is 2.84. The summed E-state index contributed by atoms with van der Waals surface area (Å²) in [5.74, 6) is -1.12. The summed E-state index contributed by atoms with van der Waals surface area (Å²) in [7, 11) is 0. The van der Waals surface area contributed by atoms with Gasteiger partial charge in [-0.05, 0) is 12.8 Å². The molecule has 1 heterocycles. The number of amides is 3. The molecule has 1 saturated heterocycles. The number of rotatable bonds is 5. The lowest BCUT2D eigenvalue weighted by atomic mass is 10.1. The van der Waals surface area contributed by atoms with Gasteiger partial charge in [0.25, 0.3) is 5.91 Å². The van der Waals surface area contributed by atoms with E-state index in [2.05, 4.69) is 12.2 Å². The average Bonchev–Trinajstić information content (AvgIpc) is 2.32. The van der Waals surface area contributed by atoms with Crippen molar-refractivity contribution in [2.75, 3.05) is 6.54 Å². The highest BCUT2D eigenvalue weighted by molar-refractivity contribution is 6.10. The molecule has 0 spiro atoms. The monoisotopic (exact) mass is 252 g/mol. The Balaban J connectivity index is 2.57. The van der Waals surface area contributed by atoms with Crippen LogP contribution in [0.1, 0.15) is 46.0 Å². The largest absolute Gasteiger partial charge is 0.320 e. The Morgan fingerprint density at radius 2 is 2.06 bits per heavy atom. The Labute approximate surface area is 107 Å². The van der Waals surface area contributed by atoms with E-state index in [-0.39, 0.29) is 18.1 Å². The maximum atomic E-state index is 11.9. The number of nitrogens with zero attached hydrogens (tertiary/aromatic N) is 1. The van der Waals surface area contributed by atoms with Crippen LogP contribution >= 0.6 is 0 Å². The van der Waals surface area contributed by atoms with Crippen LogP contribution in [-0.4, -0.2) is 29.2 Å². The molecule has 0 bridgehead atoms. The van der Waals surface area contributed by atoms with Gasteiger partial charge in [-0.25, -0.2) is 0 Å². The van der Waals surface area contributed by atoms with Crippen molar-refractivity contribution in [3.63, 3.8) is 0 Å². The maximum Gasteiger partial charge on any atom is 0.277 e. The van der Waals surface area contributed by atoms with Crippen molar-refractivity contribution in [2.24, 2.45) is 0 Å². The summed E-state index contributed by atoms with van der Waals surface area (Å²) in [6.45, 7) is 3.24. The van der Waals surface area contributed by atoms with Crippen molar-refractivity contribution in [1.29, 1.82) is 0 Å². The van der Waals surface area contributed by atoms with Crippen LogP contribution in [-0.2, 0) is 14.4 Å². The van der Waals surface area contributed by atoms with E-state index in [0.29, 0.717) is 0 Å². The van der Waals surface area contributed by atoms with Gasteiger partial charge < -0.3 is 5.32 Å². The van der Waals surface area contributed by atoms with E-state index in [1.807, 2.05) is 0 Å². The molecule has 0 saturated carbocycles. The lowest BCUT2D eigenvalue weighted by Crippen LogP contribution is -2.51. The molecule has 0 aromatic rings. The number of piperazine rings is 1. The van der Waals surface area contributed by atoms with Crippen LogP contribution in [0.2, 0.25) is 0 Å². The number of nitrogens with one attached hydrogen (secondary N) is 1. The van der Waals surface area contributed by atoms with Gasteiger partial charge in [-0.1, -0.05) is 32.3 Å². The summed E-state index contributed by atoms with van der Waals surface area (Å²) in [4.78, 5) is 35.4. The predicted molar refractivity (Wildman–Crippen MR) is 67.4 cm³/mol. The fraction of sp³-hybridized carbons (Fsp3) is 0.615. The highest BCUT2D eigenvalue weighted by Gasteiger charge is 2.30. The normalized spacial score (nSPS) is 18.1. The van der Waals surface area contributed by atoms with Crippen LogP contribution in [0.4, 0.5) is 0 Å². The van der Waals surface area contributed by atoms with Crippen molar-refractivity contribution in [3.05, 3.63) is 11.8 Å². The number of hydrogen-bond acceptors (Lipinski definition) is 3. The quantitative estimate of drug-likeness (QED) is 0.593. The van der Waals surface area contributed by atoms with Gasteiger partial charge in [0, 0.05) is 6.92 Å². The van der Waals surface area contributed by atoms with E-state index in [1.165, 1.54) is 13.3 Å². The van der Waals surface area contributed by atoms with Crippen molar-refractivity contribution < 1.29 is 14.4 Å². The van der Waals surface area contributed by atoms with Crippen LogP contribution in [0.25, 0.3) is 0 Å². The van der Waals surface area contributed by atoms with E-state index in [4.69, 9.17) is 0 Å². The van der Waals surface area contributed by atoms with Gasteiger partial charge in [-0.15, -0.1) is 0 Å². The molecule has 1 rings (SSSR count). The van der Waals surface area contributed by atoms with E-state index >= 15 is 0 Å². The van der Waals surface area contributed by atoms with Gasteiger partial charge in [0.15, 0.2) is 0 Å². The number of hydrogen-bond donors (Lipinski definition) is 1. The molecule has 1 fully saturated rings. The molecule has 1 N–H and O–H groups in total. The number of carbonyl (C=O) groups is 3. The molecule has 0 atom stereocenters. The minimum absolute atomic E-state index is 0.179. The molecule has 0 aromatic heterocycles. The molecule has 5 nitrogen and oxygen atoms in total. The van der Waals surface area contributed by atoms with Gasteiger partial charge in [-0.2, -0.15) is 0 Å². The first-order chi connectivity index (χ1) is 8.56. The highest BCUT2D eigenvalue weighted by Crippen LogP contribution is 2.09. The molecule has 0 radical (unpaired) electrons. The third-order valence-electron chi connectivity index (χ3n) is 2.84. The lowest BCUT2D eigenvalue weighted by molar-refractivity contribution is -0.147. The topological polar surface area (TPSA) is 66.5 Å². The van der Waals surface area contributed by atoms with Crippen LogP contribution in [0, 0.1) is 0 Å². The molecule has 3 amide bonds. The summed E-state index contributed by atoms with van der Waals surface area (Å²) in [5, 5.41) is 2.52. The summed E-state index contributed by atoms with van der Waals surface area (Å²) >= 11 is 0. The molecule has 0 aromatic carbocycles. The zero-order valence-corrected chi connectivity index (χ0v) is 11.0. The molecule has 100 valence electrons. The van der Waals surface area contributed by atoms with Gasteiger partial charge in [-0.3, -0.25) is 19.3 Å².